The molecular formula is C18H18F3NO2. The smallest absolute Gasteiger partial charge is 0.416 e. The van der Waals surface area contributed by atoms with Gasteiger partial charge >= 0.3 is 6.18 Å². The molecule has 0 aromatic heterocycles. The molecule has 0 saturated heterocycles. The van der Waals surface area contributed by atoms with Crippen LogP contribution in [0.1, 0.15) is 34.8 Å². The standard InChI is InChI=1S/C18H18F3NO2/c1-11-9-13(18(19,20)21)6-5-12(11)10-22-15-4-2-3-14-16(23)7-8-24-17(14)15/h2-6,9,16,22-23H,7-8,10H2,1H3. The minimum Gasteiger partial charge on any atom is -0.491 e. The highest BCUT2D eigenvalue weighted by Crippen LogP contribution is 2.38. The molecule has 0 saturated carbocycles. The molecule has 6 heteroatoms. The van der Waals surface area contributed by atoms with E-state index in [0.717, 1.165) is 28.9 Å². The number of hydrogen-bond donors (Lipinski definition) is 2. The van der Waals surface area contributed by atoms with Gasteiger partial charge in [0.25, 0.3) is 0 Å². The van der Waals surface area contributed by atoms with Crippen molar-refractivity contribution in [1.29, 1.82) is 0 Å². The summed E-state index contributed by atoms with van der Waals surface area (Å²) < 4.78 is 43.8. The van der Waals surface area contributed by atoms with Crippen LogP contribution in [0.5, 0.6) is 5.75 Å². The Balaban J connectivity index is 1.79. The number of aryl methyl sites for hydroxylation is 1. The molecule has 0 fully saturated rings. The van der Waals surface area contributed by atoms with Crippen LogP contribution in [-0.4, -0.2) is 11.7 Å². The van der Waals surface area contributed by atoms with Crippen LogP contribution in [0.3, 0.4) is 0 Å². The van der Waals surface area contributed by atoms with Crippen molar-refractivity contribution in [2.24, 2.45) is 0 Å². The van der Waals surface area contributed by atoms with Crippen molar-refractivity contribution in [1.82, 2.24) is 0 Å². The maximum atomic E-state index is 12.7. The van der Waals surface area contributed by atoms with E-state index in [4.69, 9.17) is 4.74 Å². The maximum Gasteiger partial charge on any atom is 0.416 e. The van der Waals surface area contributed by atoms with Gasteiger partial charge in [0.1, 0.15) is 5.75 Å². The first-order valence-corrected chi connectivity index (χ1v) is 7.70. The molecule has 1 aliphatic heterocycles. The van der Waals surface area contributed by atoms with Gasteiger partial charge < -0.3 is 15.2 Å². The summed E-state index contributed by atoms with van der Waals surface area (Å²) in [7, 11) is 0. The van der Waals surface area contributed by atoms with Gasteiger partial charge in [0.2, 0.25) is 0 Å². The average molecular weight is 337 g/mol. The van der Waals surface area contributed by atoms with Crippen molar-refractivity contribution in [3.63, 3.8) is 0 Å². The van der Waals surface area contributed by atoms with Crippen molar-refractivity contribution in [3.8, 4) is 5.75 Å². The molecule has 2 aromatic carbocycles. The van der Waals surface area contributed by atoms with Crippen LogP contribution in [0.15, 0.2) is 36.4 Å². The maximum absolute atomic E-state index is 12.7. The summed E-state index contributed by atoms with van der Waals surface area (Å²) in [5.41, 5.74) is 2.16. The van der Waals surface area contributed by atoms with E-state index in [1.54, 1.807) is 6.92 Å². The number of hydrogen-bond acceptors (Lipinski definition) is 3. The van der Waals surface area contributed by atoms with Crippen molar-refractivity contribution < 1.29 is 23.0 Å². The van der Waals surface area contributed by atoms with E-state index in [2.05, 4.69) is 5.32 Å². The van der Waals surface area contributed by atoms with Gasteiger partial charge in [-0.15, -0.1) is 0 Å². The molecule has 0 radical (unpaired) electrons. The average Bonchev–Trinajstić information content (AvgIpc) is 2.53. The topological polar surface area (TPSA) is 41.5 Å². The van der Waals surface area contributed by atoms with E-state index < -0.39 is 17.8 Å². The Kier molecular flexibility index (Phi) is 4.41. The monoisotopic (exact) mass is 337 g/mol. The molecule has 2 N–H and O–H groups in total. The molecule has 0 bridgehead atoms. The van der Waals surface area contributed by atoms with Gasteiger partial charge in [-0.2, -0.15) is 13.2 Å². The second kappa shape index (κ2) is 6.36. The normalized spacial score (nSPS) is 17.1. The van der Waals surface area contributed by atoms with Crippen LogP contribution in [0.4, 0.5) is 18.9 Å². The predicted octanol–water partition coefficient (Wildman–Crippen LogP) is 4.44. The highest BCUT2D eigenvalue weighted by Gasteiger charge is 2.30. The van der Waals surface area contributed by atoms with Crippen LogP contribution < -0.4 is 10.1 Å². The van der Waals surface area contributed by atoms with Gasteiger partial charge in [-0.3, -0.25) is 0 Å². The lowest BCUT2D eigenvalue weighted by molar-refractivity contribution is -0.137. The van der Waals surface area contributed by atoms with E-state index in [1.165, 1.54) is 6.07 Å². The Morgan fingerprint density at radius 3 is 2.75 bits per heavy atom. The lowest BCUT2D eigenvalue weighted by Gasteiger charge is -2.24. The summed E-state index contributed by atoms with van der Waals surface area (Å²) in [6.45, 7) is 2.47. The van der Waals surface area contributed by atoms with Crippen LogP contribution in [0, 0.1) is 6.92 Å². The Bertz CT molecular complexity index is 744. The molecule has 3 nitrogen and oxygen atoms in total. The summed E-state index contributed by atoms with van der Waals surface area (Å²) >= 11 is 0. The number of para-hydroxylation sites is 1. The van der Waals surface area contributed by atoms with E-state index in [0.29, 0.717) is 30.9 Å². The summed E-state index contributed by atoms with van der Waals surface area (Å²) in [6.07, 6.45) is -4.34. The molecule has 1 heterocycles. The van der Waals surface area contributed by atoms with Gasteiger partial charge in [-0.1, -0.05) is 18.2 Å². The van der Waals surface area contributed by atoms with Crippen LogP contribution in [-0.2, 0) is 12.7 Å². The second-order valence-corrected chi connectivity index (χ2v) is 5.87. The molecule has 0 amide bonds. The van der Waals surface area contributed by atoms with Crippen LogP contribution in [0.25, 0.3) is 0 Å². The fourth-order valence-electron chi connectivity index (χ4n) is 2.81. The number of ether oxygens (including phenoxy) is 1. The Labute approximate surface area is 138 Å². The first-order chi connectivity index (χ1) is 11.4. The van der Waals surface area contributed by atoms with Crippen molar-refractivity contribution in [2.45, 2.75) is 32.2 Å². The number of aliphatic hydroxyl groups excluding tert-OH is 1. The Morgan fingerprint density at radius 2 is 2.04 bits per heavy atom. The zero-order valence-corrected chi connectivity index (χ0v) is 13.2. The van der Waals surface area contributed by atoms with Crippen molar-refractivity contribution >= 4 is 5.69 Å². The molecule has 1 unspecified atom stereocenters. The zero-order valence-electron chi connectivity index (χ0n) is 13.2. The first kappa shape index (κ1) is 16.6. The second-order valence-electron chi connectivity index (χ2n) is 5.87. The Morgan fingerprint density at radius 1 is 1.25 bits per heavy atom. The largest absolute Gasteiger partial charge is 0.491 e. The van der Waals surface area contributed by atoms with E-state index in [-0.39, 0.29) is 0 Å². The minimum absolute atomic E-state index is 0.375. The van der Waals surface area contributed by atoms with Gasteiger partial charge in [-0.05, 0) is 36.2 Å². The van der Waals surface area contributed by atoms with Crippen LogP contribution in [0.2, 0.25) is 0 Å². The highest BCUT2D eigenvalue weighted by molar-refractivity contribution is 5.61. The van der Waals surface area contributed by atoms with Gasteiger partial charge in [0.05, 0.1) is 24.0 Å². The lowest BCUT2D eigenvalue weighted by atomic mass is 10.0. The van der Waals surface area contributed by atoms with Gasteiger partial charge in [0.15, 0.2) is 0 Å². The summed E-state index contributed by atoms with van der Waals surface area (Å²) in [5, 5.41) is 13.2. The number of rotatable bonds is 3. The Hall–Kier alpha value is -2.21. The van der Waals surface area contributed by atoms with Crippen molar-refractivity contribution in [3.05, 3.63) is 58.7 Å². The highest BCUT2D eigenvalue weighted by atomic mass is 19.4. The summed E-state index contributed by atoms with van der Waals surface area (Å²) in [5.74, 6) is 0.612. The summed E-state index contributed by atoms with van der Waals surface area (Å²) in [6, 6.07) is 9.18. The summed E-state index contributed by atoms with van der Waals surface area (Å²) in [4.78, 5) is 0. The first-order valence-electron chi connectivity index (χ1n) is 7.70. The zero-order chi connectivity index (χ0) is 17.3. The predicted molar refractivity (Wildman–Crippen MR) is 85.0 cm³/mol. The fourth-order valence-corrected chi connectivity index (χ4v) is 2.81. The van der Waals surface area contributed by atoms with Crippen molar-refractivity contribution in [2.75, 3.05) is 11.9 Å². The number of halogens is 3. The molecule has 0 spiro atoms. The van der Waals surface area contributed by atoms with E-state index in [1.807, 2.05) is 18.2 Å². The van der Waals surface area contributed by atoms with E-state index >= 15 is 0 Å². The number of alkyl halides is 3. The SMILES string of the molecule is Cc1cc(C(F)(F)F)ccc1CNc1cccc2c1OCCC2O. The van der Waals surface area contributed by atoms with E-state index in [9.17, 15) is 18.3 Å². The van der Waals surface area contributed by atoms with Crippen LogP contribution >= 0.6 is 0 Å². The number of nitrogens with one attached hydrogen (secondary N) is 1. The third kappa shape index (κ3) is 3.33. The quantitative estimate of drug-likeness (QED) is 0.870. The third-order valence-corrected chi connectivity index (χ3v) is 4.18. The van der Waals surface area contributed by atoms with Gasteiger partial charge in [0, 0.05) is 18.5 Å². The molecule has 0 aliphatic carbocycles. The molecule has 128 valence electrons. The number of anilines is 1. The number of benzene rings is 2. The lowest BCUT2D eigenvalue weighted by Crippen LogP contribution is -2.15. The number of aliphatic hydroxyl groups is 1. The van der Waals surface area contributed by atoms with Gasteiger partial charge in [-0.25, -0.2) is 0 Å². The third-order valence-electron chi connectivity index (χ3n) is 4.18. The fraction of sp³-hybridized carbons (Fsp3) is 0.333. The molecule has 3 rings (SSSR count). The molecule has 1 atom stereocenters. The molecule has 24 heavy (non-hydrogen) atoms. The molecular weight excluding hydrogens is 319 g/mol. The number of fused-ring (bicyclic) bond motifs is 1. The minimum atomic E-state index is -4.33. The molecule has 1 aliphatic rings. The molecule has 2 aromatic rings.